The van der Waals surface area contributed by atoms with Gasteiger partial charge in [-0.1, -0.05) is 5.16 Å². The van der Waals surface area contributed by atoms with Crippen LogP contribution in [-0.2, 0) is 6.42 Å². The number of anilines is 1. The smallest absolute Gasteiger partial charge is 0.228 e. The molecule has 0 spiro atoms. The predicted octanol–water partition coefficient (Wildman–Crippen LogP) is 1.35. The van der Waals surface area contributed by atoms with Crippen LogP contribution in [0.2, 0.25) is 5.28 Å². The van der Waals surface area contributed by atoms with Gasteiger partial charge in [0.15, 0.2) is 11.5 Å². The number of hydrogen-bond donors (Lipinski definition) is 2. The summed E-state index contributed by atoms with van der Waals surface area (Å²) in [5.74, 6) is 1.82. The standard InChI is InChI=1S/C10H10ClN7O/c1-5-14-7(19-18-5)2-3-12-8-6-4-13-17-9(6)16-10(11)15-8/h4H,2-3H2,1H3,(H2,12,13,15,16,17). The minimum absolute atomic E-state index is 0.160. The SMILES string of the molecule is Cc1noc(CCNc2nc(Cl)nc3[nH]ncc23)n1. The van der Waals surface area contributed by atoms with Gasteiger partial charge in [0.25, 0.3) is 0 Å². The molecule has 98 valence electrons. The molecule has 19 heavy (non-hydrogen) atoms. The summed E-state index contributed by atoms with van der Waals surface area (Å²) in [7, 11) is 0. The normalized spacial score (nSPS) is 11.1. The Bertz CT molecular complexity index is 707. The molecule has 0 amide bonds. The van der Waals surface area contributed by atoms with Gasteiger partial charge < -0.3 is 9.84 Å². The topological polar surface area (TPSA) is 105 Å². The summed E-state index contributed by atoms with van der Waals surface area (Å²) in [6.45, 7) is 2.37. The highest BCUT2D eigenvalue weighted by atomic mass is 35.5. The largest absolute Gasteiger partial charge is 0.369 e. The van der Waals surface area contributed by atoms with Crippen molar-refractivity contribution in [1.82, 2.24) is 30.3 Å². The third kappa shape index (κ3) is 2.48. The lowest BCUT2D eigenvalue weighted by atomic mass is 10.3. The molecule has 0 aliphatic heterocycles. The van der Waals surface area contributed by atoms with Crippen LogP contribution in [0.4, 0.5) is 5.82 Å². The summed E-state index contributed by atoms with van der Waals surface area (Å²) < 4.78 is 5.02. The van der Waals surface area contributed by atoms with Gasteiger partial charge in [-0.05, 0) is 18.5 Å². The maximum atomic E-state index is 5.83. The van der Waals surface area contributed by atoms with Crippen molar-refractivity contribution in [3.05, 3.63) is 23.2 Å². The fraction of sp³-hybridized carbons (Fsp3) is 0.300. The van der Waals surface area contributed by atoms with Crippen LogP contribution in [0.15, 0.2) is 10.7 Å². The van der Waals surface area contributed by atoms with E-state index in [0.29, 0.717) is 36.1 Å². The van der Waals surface area contributed by atoms with Gasteiger partial charge in [0.05, 0.1) is 11.6 Å². The van der Waals surface area contributed by atoms with Crippen LogP contribution in [0.5, 0.6) is 0 Å². The lowest BCUT2D eigenvalue weighted by molar-refractivity contribution is 0.377. The Balaban J connectivity index is 1.73. The van der Waals surface area contributed by atoms with Crippen LogP contribution >= 0.6 is 11.6 Å². The van der Waals surface area contributed by atoms with E-state index >= 15 is 0 Å². The Hall–Kier alpha value is -2.22. The lowest BCUT2D eigenvalue weighted by Gasteiger charge is -2.04. The molecular formula is C10H10ClN7O. The third-order valence-corrected chi connectivity index (χ3v) is 2.65. The molecule has 0 aliphatic carbocycles. The number of nitrogens with one attached hydrogen (secondary N) is 2. The number of aryl methyl sites for hydroxylation is 1. The molecule has 0 fully saturated rings. The number of hydrogen-bond acceptors (Lipinski definition) is 7. The summed E-state index contributed by atoms with van der Waals surface area (Å²) in [5, 5.41) is 14.5. The van der Waals surface area contributed by atoms with Gasteiger partial charge in [-0.25, -0.2) is 0 Å². The average molecular weight is 280 g/mol. The number of fused-ring (bicyclic) bond motifs is 1. The molecule has 0 atom stereocenters. The van der Waals surface area contributed by atoms with E-state index in [0.717, 1.165) is 5.39 Å². The number of rotatable bonds is 4. The monoisotopic (exact) mass is 279 g/mol. The zero-order chi connectivity index (χ0) is 13.2. The van der Waals surface area contributed by atoms with Crippen molar-refractivity contribution in [1.29, 1.82) is 0 Å². The first-order chi connectivity index (χ1) is 9.22. The maximum absolute atomic E-state index is 5.83. The highest BCUT2D eigenvalue weighted by molar-refractivity contribution is 6.28. The molecule has 3 heterocycles. The van der Waals surface area contributed by atoms with E-state index in [2.05, 4.69) is 35.6 Å². The van der Waals surface area contributed by atoms with Crippen molar-refractivity contribution in [2.45, 2.75) is 13.3 Å². The van der Waals surface area contributed by atoms with Crippen molar-refractivity contribution in [2.24, 2.45) is 0 Å². The van der Waals surface area contributed by atoms with Gasteiger partial charge in [0.1, 0.15) is 5.82 Å². The molecule has 0 bridgehead atoms. The van der Waals surface area contributed by atoms with Crippen LogP contribution in [0.25, 0.3) is 11.0 Å². The number of H-pyrrole nitrogens is 1. The molecule has 0 radical (unpaired) electrons. The average Bonchev–Trinajstić information content (AvgIpc) is 2.98. The van der Waals surface area contributed by atoms with Crippen LogP contribution in [0.1, 0.15) is 11.7 Å². The third-order valence-electron chi connectivity index (χ3n) is 2.48. The van der Waals surface area contributed by atoms with Crippen LogP contribution in [0.3, 0.4) is 0 Å². The summed E-state index contributed by atoms with van der Waals surface area (Å²) >= 11 is 5.83. The molecule has 0 aliphatic rings. The Morgan fingerprint density at radius 3 is 3.05 bits per heavy atom. The summed E-state index contributed by atoms with van der Waals surface area (Å²) in [6, 6.07) is 0. The first-order valence-corrected chi connectivity index (χ1v) is 6.00. The van der Waals surface area contributed by atoms with Crippen LogP contribution < -0.4 is 5.32 Å². The Kier molecular flexibility index (Phi) is 3.00. The molecule has 0 aromatic carbocycles. The van der Waals surface area contributed by atoms with E-state index in [1.165, 1.54) is 0 Å². The van der Waals surface area contributed by atoms with Gasteiger partial charge in [0.2, 0.25) is 11.2 Å². The van der Waals surface area contributed by atoms with Gasteiger partial charge in [-0.3, -0.25) is 5.10 Å². The maximum Gasteiger partial charge on any atom is 0.228 e. The summed E-state index contributed by atoms with van der Waals surface area (Å²) in [4.78, 5) is 12.3. The van der Waals surface area contributed by atoms with Crippen LogP contribution in [-0.4, -0.2) is 36.9 Å². The molecule has 0 unspecified atom stereocenters. The first-order valence-electron chi connectivity index (χ1n) is 5.62. The summed E-state index contributed by atoms with van der Waals surface area (Å²) in [6.07, 6.45) is 2.24. The van der Waals surface area contributed by atoms with E-state index in [9.17, 15) is 0 Å². The molecular weight excluding hydrogens is 270 g/mol. The van der Waals surface area contributed by atoms with Crippen molar-refractivity contribution in [3.8, 4) is 0 Å². The minimum Gasteiger partial charge on any atom is -0.369 e. The van der Waals surface area contributed by atoms with E-state index in [-0.39, 0.29) is 5.28 Å². The molecule has 8 nitrogen and oxygen atoms in total. The van der Waals surface area contributed by atoms with Crippen molar-refractivity contribution in [3.63, 3.8) is 0 Å². The first kappa shape index (κ1) is 11.8. The quantitative estimate of drug-likeness (QED) is 0.694. The fourth-order valence-electron chi connectivity index (χ4n) is 1.67. The zero-order valence-corrected chi connectivity index (χ0v) is 10.8. The Morgan fingerprint density at radius 1 is 1.37 bits per heavy atom. The van der Waals surface area contributed by atoms with Crippen molar-refractivity contribution < 1.29 is 4.52 Å². The predicted molar refractivity (Wildman–Crippen MR) is 67.9 cm³/mol. The van der Waals surface area contributed by atoms with Gasteiger partial charge >= 0.3 is 0 Å². The highest BCUT2D eigenvalue weighted by Crippen LogP contribution is 2.19. The van der Waals surface area contributed by atoms with Gasteiger partial charge in [0, 0.05) is 13.0 Å². The van der Waals surface area contributed by atoms with Gasteiger partial charge in [-0.2, -0.15) is 20.1 Å². The zero-order valence-electron chi connectivity index (χ0n) is 10.0. The van der Waals surface area contributed by atoms with E-state index in [1.54, 1.807) is 13.1 Å². The van der Waals surface area contributed by atoms with E-state index in [4.69, 9.17) is 16.1 Å². The lowest BCUT2D eigenvalue weighted by Crippen LogP contribution is -2.07. The second kappa shape index (κ2) is 4.81. The molecule has 3 aromatic heterocycles. The van der Waals surface area contributed by atoms with Crippen molar-refractivity contribution >= 4 is 28.5 Å². The highest BCUT2D eigenvalue weighted by Gasteiger charge is 2.08. The molecule has 9 heteroatoms. The molecule has 3 aromatic rings. The van der Waals surface area contributed by atoms with Crippen LogP contribution in [0, 0.1) is 6.92 Å². The molecule has 0 saturated carbocycles. The van der Waals surface area contributed by atoms with E-state index in [1.807, 2.05) is 0 Å². The number of halogens is 1. The Morgan fingerprint density at radius 2 is 2.26 bits per heavy atom. The number of aromatic nitrogens is 6. The second-order valence-electron chi connectivity index (χ2n) is 3.89. The fourth-order valence-corrected chi connectivity index (χ4v) is 1.84. The molecule has 3 rings (SSSR count). The number of aromatic amines is 1. The molecule has 2 N–H and O–H groups in total. The Labute approximate surface area is 112 Å². The van der Waals surface area contributed by atoms with E-state index < -0.39 is 0 Å². The minimum atomic E-state index is 0.160. The van der Waals surface area contributed by atoms with Gasteiger partial charge in [-0.15, -0.1) is 0 Å². The van der Waals surface area contributed by atoms with Crippen molar-refractivity contribution in [2.75, 3.05) is 11.9 Å². The summed E-state index contributed by atoms with van der Waals surface area (Å²) in [5.41, 5.74) is 0.594. The molecule has 0 saturated heterocycles. The second-order valence-corrected chi connectivity index (χ2v) is 4.22. The number of nitrogens with zero attached hydrogens (tertiary/aromatic N) is 5.